The summed E-state index contributed by atoms with van der Waals surface area (Å²) >= 11 is 9.40. The number of hydrogen-bond acceptors (Lipinski definition) is 3. The Hall–Kier alpha value is -1.72. The Balaban J connectivity index is 2.03. The van der Waals surface area contributed by atoms with E-state index in [0.717, 1.165) is 5.56 Å². The number of carbonyl (C=O) groups is 1. The molecule has 122 valence electrons. The number of anilines is 1. The molecule has 0 aliphatic heterocycles. The summed E-state index contributed by atoms with van der Waals surface area (Å²) in [6.45, 7) is 4.23. The number of benzene rings is 2. The summed E-state index contributed by atoms with van der Waals surface area (Å²) in [5.74, 6) is 0.893. The van der Waals surface area contributed by atoms with Gasteiger partial charge < -0.3 is 14.8 Å². The van der Waals surface area contributed by atoms with Gasteiger partial charge in [0, 0.05) is 5.02 Å². The highest BCUT2D eigenvalue weighted by molar-refractivity contribution is 9.10. The average Bonchev–Trinajstić information content (AvgIpc) is 2.50. The fourth-order valence-corrected chi connectivity index (χ4v) is 2.84. The van der Waals surface area contributed by atoms with E-state index in [1.165, 1.54) is 0 Å². The maximum absolute atomic E-state index is 12.1. The zero-order valence-electron chi connectivity index (χ0n) is 12.9. The molecule has 1 N–H and O–H groups in total. The molecular formula is C17H17BrClNO3. The molecule has 2 rings (SSSR count). The van der Waals surface area contributed by atoms with Gasteiger partial charge in [-0.2, -0.15) is 0 Å². The van der Waals surface area contributed by atoms with Gasteiger partial charge in [0.25, 0.3) is 5.91 Å². The summed E-state index contributed by atoms with van der Waals surface area (Å²) < 4.78 is 11.7. The van der Waals surface area contributed by atoms with Gasteiger partial charge in [-0.05, 0) is 54.0 Å². The van der Waals surface area contributed by atoms with Crippen LogP contribution in [0.25, 0.3) is 0 Å². The minimum atomic E-state index is -0.291. The Morgan fingerprint density at radius 3 is 2.57 bits per heavy atom. The summed E-state index contributed by atoms with van der Waals surface area (Å²) in [4.78, 5) is 12.1. The molecule has 0 bridgehead atoms. The highest BCUT2D eigenvalue weighted by atomic mass is 79.9. The second kappa shape index (κ2) is 8.22. The van der Waals surface area contributed by atoms with Crippen LogP contribution in [-0.2, 0) is 4.79 Å². The molecule has 1 amide bonds. The molecule has 2 aromatic carbocycles. The lowest BCUT2D eigenvalue weighted by Gasteiger charge is -2.14. The lowest BCUT2D eigenvalue weighted by Crippen LogP contribution is -2.20. The largest absolute Gasteiger partial charge is 0.491 e. The van der Waals surface area contributed by atoms with E-state index in [4.69, 9.17) is 21.1 Å². The number of rotatable bonds is 6. The maximum Gasteiger partial charge on any atom is 0.262 e. The summed E-state index contributed by atoms with van der Waals surface area (Å²) in [5.41, 5.74) is 1.63. The van der Waals surface area contributed by atoms with Crippen LogP contribution in [-0.4, -0.2) is 19.1 Å². The van der Waals surface area contributed by atoms with E-state index >= 15 is 0 Å². The molecule has 23 heavy (non-hydrogen) atoms. The minimum absolute atomic E-state index is 0.0985. The topological polar surface area (TPSA) is 47.6 Å². The van der Waals surface area contributed by atoms with Crippen LogP contribution >= 0.6 is 27.5 Å². The van der Waals surface area contributed by atoms with Crippen LogP contribution in [0.15, 0.2) is 40.9 Å². The van der Waals surface area contributed by atoms with Crippen LogP contribution in [0.4, 0.5) is 5.69 Å². The predicted molar refractivity (Wildman–Crippen MR) is 95.6 cm³/mol. The van der Waals surface area contributed by atoms with Gasteiger partial charge in [-0.25, -0.2) is 0 Å². The molecule has 0 atom stereocenters. The van der Waals surface area contributed by atoms with Crippen LogP contribution in [0.3, 0.4) is 0 Å². The van der Waals surface area contributed by atoms with Crippen molar-refractivity contribution >= 4 is 39.1 Å². The second-order valence-corrected chi connectivity index (χ2v) is 6.14. The van der Waals surface area contributed by atoms with Crippen molar-refractivity contribution in [3.8, 4) is 11.5 Å². The molecule has 6 heteroatoms. The Morgan fingerprint density at radius 1 is 1.22 bits per heavy atom. The van der Waals surface area contributed by atoms with E-state index in [9.17, 15) is 4.79 Å². The first-order valence-electron chi connectivity index (χ1n) is 7.10. The molecule has 0 fully saturated rings. The lowest BCUT2D eigenvalue weighted by molar-refractivity contribution is -0.118. The Morgan fingerprint density at radius 2 is 1.91 bits per heavy atom. The molecule has 0 heterocycles. The molecule has 4 nitrogen and oxygen atoms in total. The molecule has 0 radical (unpaired) electrons. The van der Waals surface area contributed by atoms with Crippen LogP contribution in [0.5, 0.6) is 11.5 Å². The van der Waals surface area contributed by atoms with Crippen molar-refractivity contribution in [1.82, 2.24) is 0 Å². The first kappa shape index (κ1) is 17.6. The number of ether oxygens (including phenoxy) is 2. The standard InChI is InChI=1S/C17H17BrClNO3/c1-3-22-17-14(18)8-12(19)9-15(17)20-16(21)10-23-13-6-4-11(2)5-7-13/h4-9H,3,10H2,1-2H3,(H,20,21). The Kier molecular flexibility index (Phi) is 6.30. The quantitative estimate of drug-likeness (QED) is 0.758. The Labute approximate surface area is 148 Å². The third-order valence-corrected chi connectivity index (χ3v) is 3.77. The third kappa shape index (κ3) is 5.15. The van der Waals surface area contributed by atoms with Gasteiger partial charge in [0.05, 0.1) is 16.8 Å². The van der Waals surface area contributed by atoms with E-state index in [2.05, 4.69) is 21.2 Å². The number of nitrogens with one attached hydrogen (secondary N) is 1. The normalized spacial score (nSPS) is 10.3. The summed E-state index contributed by atoms with van der Waals surface area (Å²) in [6.07, 6.45) is 0. The second-order valence-electron chi connectivity index (χ2n) is 4.85. The molecule has 0 aliphatic carbocycles. The van der Waals surface area contributed by atoms with Gasteiger partial charge >= 0.3 is 0 Å². The zero-order valence-corrected chi connectivity index (χ0v) is 15.2. The molecule has 0 spiro atoms. The SMILES string of the molecule is CCOc1c(Br)cc(Cl)cc1NC(=O)COc1ccc(C)cc1. The Bertz CT molecular complexity index is 689. The summed E-state index contributed by atoms with van der Waals surface area (Å²) in [7, 11) is 0. The van der Waals surface area contributed by atoms with Gasteiger partial charge in [0.1, 0.15) is 5.75 Å². The van der Waals surface area contributed by atoms with Gasteiger partial charge in [0.2, 0.25) is 0 Å². The van der Waals surface area contributed by atoms with Crippen molar-refractivity contribution in [2.75, 3.05) is 18.5 Å². The number of aryl methyl sites for hydroxylation is 1. The molecular weight excluding hydrogens is 382 g/mol. The van der Waals surface area contributed by atoms with Crippen molar-refractivity contribution < 1.29 is 14.3 Å². The summed E-state index contributed by atoms with van der Waals surface area (Å²) in [5, 5.41) is 3.25. The smallest absolute Gasteiger partial charge is 0.262 e. The van der Waals surface area contributed by atoms with Crippen LogP contribution in [0, 0.1) is 6.92 Å². The van der Waals surface area contributed by atoms with Crippen molar-refractivity contribution in [1.29, 1.82) is 0 Å². The van der Waals surface area contributed by atoms with Crippen molar-refractivity contribution in [3.63, 3.8) is 0 Å². The van der Waals surface area contributed by atoms with Gasteiger partial charge in [-0.3, -0.25) is 4.79 Å². The fourth-order valence-electron chi connectivity index (χ4n) is 1.91. The van der Waals surface area contributed by atoms with Crippen molar-refractivity contribution in [2.24, 2.45) is 0 Å². The monoisotopic (exact) mass is 397 g/mol. The molecule has 0 aromatic heterocycles. The molecule has 0 saturated carbocycles. The maximum atomic E-state index is 12.1. The number of amides is 1. The minimum Gasteiger partial charge on any atom is -0.491 e. The predicted octanol–water partition coefficient (Wildman–Crippen LogP) is 4.83. The highest BCUT2D eigenvalue weighted by Crippen LogP contribution is 2.36. The average molecular weight is 399 g/mol. The number of hydrogen-bond donors (Lipinski definition) is 1. The lowest BCUT2D eigenvalue weighted by atomic mass is 10.2. The van der Waals surface area contributed by atoms with Crippen molar-refractivity contribution in [3.05, 3.63) is 51.5 Å². The van der Waals surface area contributed by atoms with Gasteiger partial charge in [-0.15, -0.1) is 0 Å². The van der Waals surface area contributed by atoms with Crippen molar-refractivity contribution in [2.45, 2.75) is 13.8 Å². The number of halogens is 2. The van der Waals surface area contributed by atoms with Gasteiger partial charge in [0.15, 0.2) is 12.4 Å². The number of carbonyl (C=O) groups excluding carboxylic acids is 1. The van der Waals surface area contributed by atoms with Crippen LogP contribution in [0.1, 0.15) is 12.5 Å². The van der Waals surface area contributed by atoms with Crippen LogP contribution in [0.2, 0.25) is 5.02 Å². The highest BCUT2D eigenvalue weighted by Gasteiger charge is 2.13. The van der Waals surface area contributed by atoms with E-state index < -0.39 is 0 Å². The first-order valence-corrected chi connectivity index (χ1v) is 8.28. The van der Waals surface area contributed by atoms with E-state index in [1.807, 2.05) is 38.1 Å². The molecule has 0 unspecified atom stereocenters. The molecule has 0 aliphatic rings. The van der Waals surface area contributed by atoms with E-state index in [0.29, 0.717) is 33.3 Å². The zero-order chi connectivity index (χ0) is 16.8. The van der Waals surface area contributed by atoms with E-state index in [1.54, 1.807) is 12.1 Å². The third-order valence-electron chi connectivity index (χ3n) is 2.96. The van der Waals surface area contributed by atoms with Crippen LogP contribution < -0.4 is 14.8 Å². The van der Waals surface area contributed by atoms with E-state index in [-0.39, 0.29) is 12.5 Å². The fraction of sp³-hybridized carbons (Fsp3) is 0.235. The van der Waals surface area contributed by atoms with Gasteiger partial charge in [-0.1, -0.05) is 29.3 Å². The molecule has 2 aromatic rings. The summed E-state index contributed by atoms with van der Waals surface area (Å²) in [6, 6.07) is 10.9. The first-order chi connectivity index (χ1) is 11.0. The molecule has 0 saturated heterocycles.